The Kier molecular flexibility index (Phi) is 6.29. The van der Waals surface area contributed by atoms with Crippen LogP contribution in [0, 0.1) is 5.92 Å². The summed E-state index contributed by atoms with van der Waals surface area (Å²) in [5.41, 5.74) is 0. The van der Waals surface area contributed by atoms with Gasteiger partial charge in [0.25, 0.3) is 0 Å². The lowest BCUT2D eigenvalue weighted by Gasteiger charge is -2.07. The minimum absolute atomic E-state index is 0.0897. The number of carbonyl (C=O) groups is 1. The largest absolute Gasteiger partial charge is 0.453 e. The number of hydrogen-bond donors (Lipinski definition) is 2. The van der Waals surface area contributed by atoms with Gasteiger partial charge in [0.05, 0.1) is 6.54 Å². The molecule has 1 rings (SSSR count). The molecule has 1 heterocycles. The molecular weight excluding hydrogens is 284 g/mol. The summed E-state index contributed by atoms with van der Waals surface area (Å²) in [5, 5.41) is 6.03. The fraction of sp³-hybridized carbons (Fsp3) is 0.583. The predicted octanol–water partition coefficient (Wildman–Crippen LogP) is 2.29. The van der Waals surface area contributed by atoms with Crippen molar-refractivity contribution in [2.24, 2.45) is 5.92 Å². The predicted molar refractivity (Wildman–Crippen MR) is 70.6 cm³/mol. The van der Waals surface area contributed by atoms with E-state index in [1.54, 1.807) is 0 Å². The van der Waals surface area contributed by atoms with Gasteiger partial charge in [-0.25, -0.2) is 0 Å². The average molecular weight is 303 g/mol. The van der Waals surface area contributed by atoms with Crippen molar-refractivity contribution >= 4 is 21.8 Å². The van der Waals surface area contributed by atoms with E-state index in [2.05, 4.69) is 40.4 Å². The molecule has 0 fully saturated rings. The molecule has 0 atom stereocenters. The van der Waals surface area contributed by atoms with Crippen LogP contribution in [-0.2, 0) is 11.3 Å². The Morgan fingerprint density at radius 2 is 2.24 bits per heavy atom. The first-order valence-corrected chi connectivity index (χ1v) is 6.59. The van der Waals surface area contributed by atoms with E-state index in [0.29, 0.717) is 25.4 Å². The number of furan rings is 1. The third-order valence-electron chi connectivity index (χ3n) is 2.16. The van der Waals surface area contributed by atoms with Crippen LogP contribution < -0.4 is 10.6 Å². The van der Waals surface area contributed by atoms with E-state index in [1.807, 2.05) is 12.1 Å². The van der Waals surface area contributed by atoms with Crippen molar-refractivity contribution in [2.45, 2.75) is 26.8 Å². The van der Waals surface area contributed by atoms with Crippen molar-refractivity contribution in [2.75, 3.05) is 13.1 Å². The van der Waals surface area contributed by atoms with Crippen molar-refractivity contribution in [3.8, 4) is 0 Å². The summed E-state index contributed by atoms with van der Waals surface area (Å²) < 4.78 is 6.05. The second kappa shape index (κ2) is 7.50. The molecule has 0 unspecified atom stereocenters. The van der Waals surface area contributed by atoms with E-state index in [4.69, 9.17) is 4.42 Å². The van der Waals surface area contributed by atoms with Crippen LogP contribution in [-0.4, -0.2) is 19.0 Å². The molecule has 0 radical (unpaired) electrons. The highest BCUT2D eigenvalue weighted by atomic mass is 79.9. The van der Waals surface area contributed by atoms with Crippen molar-refractivity contribution in [1.82, 2.24) is 10.6 Å². The van der Waals surface area contributed by atoms with Gasteiger partial charge in [-0.05, 0) is 34.0 Å². The maximum Gasteiger partial charge on any atom is 0.221 e. The van der Waals surface area contributed by atoms with Crippen LogP contribution in [0.15, 0.2) is 21.2 Å². The van der Waals surface area contributed by atoms with Gasteiger partial charge in [-0.1, -0.05) is 13.8 Å². The van der Waals surface area contributed by atoms with E-state index in [9.17, 15) is 4.79 Å². The fourth-order valence-corrected chi connectivity index (χ4v) is 1.61. The van der Waals surface area contributed by atoms with E-state index in [0.717, 1.165) is 17.0 Å². The lowest BCUT2D eigenvalue weighted by Crippen LogP contribution is -2.30. The first-order valence-electron chi connectivity index (χ1n) is 5.79. The Balaban J connectivity index is 2.06. The highest BCUT2D eigenvalue weighted by Crippen LogP contribution is 2.13. The highest BCUT2D eigenvalue weighted by molar-refractivity contribution is 9.10. The zero-order valence-corrected chi connectivity index (χ0v) is 11.8. The van der Waals surface area contributed by atoms with Crippen molar-refractivity contribution in [3.63, 3.8) is 0 Å². The lowest BCUT2D eigenvalue weighted by molar-refractivity contribution is -0.121. The molecule has 0 aliphatic heterocycles. The first kappa shape index (κ1) is 14.3. The molecule has 0 bridgehead atoms. The number of carbonyl (C=O) groups excluding carboxylic acids is 1. The minimum Gasteiger partial charge on any atom is -0.453 e. The van der Waals surface area contributed by atoms with Crippen molar-refractivity contribution in [3.05, 3.63) is 22.6 Å². The van der Waals surface area contributed by atoms with E-state index in [1.165, 1.54) is 0 Å². The van der Waals surface area contributed by atoms with Gasteiger partial charge in [0.1, 0.15) is 5.76 Å². The molecule has 96 valence electrons. The molecule has 2 N–H and O–H groups in total. The third kappa shape index (κ3) is 6.48. The molecule has 0 aliphatic carbocycles. The van der Waals surface area contributed by atoms with Crippen LogP contribution in [0.1, 0.15) is 26.0 Å². The Labute approximate surface area is 110 Å². The van der Waals surface area contributed by atoms with Gasteiger partial charge in [0.15, 0.2) is 4.67 Å². The Morgan fingerprint density at radius 1 is 1.47 bits per heavy atom. The monoisotopic (exact) mass is 302 g/mol. The molecule has 0 saturated heterocycles. The quantitative estimate of drug-likeness (QED) is 0.760. The third-order valence-corrected chi connectivity index (χ3v) is 2.59. The van der Waals surface area contributed by atoms with E-state index < -0.39 is 0 Å². The van der Waals surface area contributed by atoms with Gasteiger partial charge in [0, 0.05) is 19.5 Å². The number of hydrogen-bond acceptors (Lipinski definition) is 3. The van der Waals surface area contributed by atoms with Crippen LogP contribution >= 0.6 is 15.9 Å². The summed E-state index contributed by atoms with van der Waals surface area (Å²) in [7, 11) is 0. The highest BCUT2D eigenvalue weighted by Gasteiger charge is 2.02. The summed E-state index contributed by atoms with van der Waals surface area (Å²) in [4.78, 5) is 11.4. The molecule has 5 heteroatoms. The fourth-order valence-electron chi connectivity index (χ4n) is 1.27. The zero-order valence-electron chi connectivity index (χ0n) is 10.3. The molecule has 4 nitrogen and oxygen atoms in total. The maximum absolute atomic E-state index is 11.4. The van der Waals surface area contributed by atoms with Crippen LogP contribution in [0.4, 0.5) is 0 Å². The number of amides is 1. The maximum atomic E-state index is 11.4. The molecule has 17 heavy (non-hydrogen) atoms. The summed E-state index contributed by atoms with van der Waals surface area (Å²) in [6.45, 7) is 6.19. The van der Waals surface area contributed by atoms with Crippen LogP contribution in [0.5, 0.6) is 0 Å². The first-order chi connectivity index (χ1) is 8.08. The van der Waals surface area contributed by atoms with Gasteiger partial charge in [-0.2, -0.15) is 0 Å². The molecule has 1 amide bonds. The zero-order chi connectivity index (χ0) is 12.7. The summed E-state index contributed by atoms with van der Waals surface area (Å²) in [6, 6.07) is 3.75. The topological polar surface area (TPSA) is 54.3 Å². The second-order valence-electron chi connectivity index (χ2n) is 4.33. The summed E-state index contributed by atoms with van der Waals surface area (Å²) in [6.07, 6.45) is 0.495. The molecule has 1 aromatic rings. The van der Waals surface area contributed by atoms with E-state index in [-0.39, 0.29) is 5.91 Å². The van der Waals surface area contributed by atoms with Crippen molar-refractivity contribution in [1.29, 1.82) is 0 Å². The molecule has 0 aliphatic rings. The second-order valence-corrected chi connectivity index (χ2v) is 5.11. The smallest absolute Gasteiger partial charge is 0.221 e. The van der Waals surface area contributed by atoms with Gasteiger partial charge in [-0.15, -0.1) is 0 Å². The number of rotatable bonds is 7. The van der Waals surface area contributed by atoms with E-state index >= 15 is 0 Å². The SMILES string of the molecule is CC(C)CNC(=O)CCNCc1ccc(Br)o1. The van der Waals surface area contributed by atoms with Gasteiger partial charge < -0.3 is 15.1 Å². The molecule has 1 aromatic heterocycles. The minimum atomic E-state index is 0.0897. The molecule has 0 aromatic carbocycles. The Morgan fingerprint density at radius 3 is 2.82 bits per heavy atom. The van der Waals surface area contributed by atoms with Crippen LogP contribution in [0.3, 0.4) is 0 Å². The number of halogens is 1. The lowest BCUT2D eigenvalue weighted by atomic mass is 10.2. The normalized spacial score (nSPS) is 10.8. The van der Waals surface area contributed by atoms with Crippen LogP contribution in [0.2, 0.25) is 0 Å². The molecular formula is C12H19BrN2O2. The van der Waals surface area contributed by atoms with Gasteiger partial charge in [0.2, 0.25) is 5.91 Å². The molecule has 0 spiro atoms. The molecule has 0 saturated carbocycles. The standard InChI is InChI=1S/C12H19BrN2O2/c1-9(2)7-15-12(16)5-6-14-8-10-3-4-11(13)17-10/h3-4,9,14H,5-8H2,1-2H3,(H,15,16). The average Bonchev–Trinajstić information content (AvgIpc) is 2.68. The van der Waals surface area contributed by atoms with Crippen LogP contribution in [0.25, 0.3) is 0 Å². The van der Waals surface area contributed by atoms with Crippen molar-refractivity contribution < 1.29 is 9.21 Å². The summed E-state index contributed by atoms with van der Waals surface area (Å²) >= 11 is 3.24. The summed E-state index contributed by atoms with van der Waals surface area (Å²) in [5.74, 6) is 1.44. The van der Waals surface area contributed by atoms with Gasteiger partial charge in [-0.3, -0.25) is 4.79 Å². The van der Waals surface area contributed by atoms with Gasteiger partial charge >= 0.3 is 0 Å². The number of nitrogens with one attached hydrogen (secondary N) is 2. The Bertz CT molecular complexity index is 350. The Hall–Kier alpha value is -0.810.